The molecule has 108 valence electrons. The van der Waals surface area contributed by atoms with Crippen LogP contribution in [0.1, 0.15) is 25.7 Å². The zero-order valence-electron chi connectivity index (χ0n) is 11.1. The Morgan fingerprint density at radius 3 is 2.35 bits per heavy atom. The number of primary sulfonamides is 1. The van der Waals surface area contributed by atoms with Crippen LogP contribution < -0.4 is 10.5 Å². The molecule has 1 amide bonds. The second kappa shape index (κ2) is 4.86. The number of amides is 1. The molecule has 20 heavy (non-hydrogen) atoms. The smallest absolute Gasteiger partial charge is 0.238 e. The SMILES string of the molecule is NS(=O)(=O)c1ccc(NC(=O)[C@H]2C[C@H]3CC[C@H]2C3)cc1. The maximum absolute atomic E-state index is 12.2. The van der Waals surface area contributed by atoms with Crippen LogP contribution in [0.15, 0.2) is 29.2 Å². The summed E-state index contributed by atoms with van der Waals surface area (Å²) in [4.78, 5) is 12.3. The summed E-state index contributed by atoms with van der Waals surface area (Å²) in [6.45, 7) is 0. The van der Waals surface area contributed by atoms with Gasteiger partial charge in [0, 0.05) is 11.6 Å². The molecule has 2 saturated carbocycles. The van der Waals surface area contributed by atoms with E-state index in [9.17, 15) is 13.2 Å². The number of nitrogens with one attached hydrogen (secondary N) is 1. The number of hydrogen-bond acceptors (Lipinski definition) is 3. The van der Waals surface area contributed by atoms with E-state index < -0.39 is 10.0 Å². The lowest BCUT2D eigenvalue weighted by molar-refractivity contribution is -0.121. The standard InChI is InChI=1S/C14H18N2O3S/c15-20(18,19)12-5-3-11(4-6-12)16-14(17)13-8-9-1-2-10(13)7-9/h3-6,9-10,13H,1-2,7-8H2,(H,16,17)(H2,15,18,19)/t9-,10-,13-/m0/s1. The lowest BCUT2D eigenvalue weighted by Crippen LogP contribution is -2.27. The van der Waals surface area contributed by atoms with Crippen molar-refractivity contribution < 1.29 is 13.2 Å². The summed E-state index contributed by atoms with van der Waals surface area (Å²) in [5, 5.41) is 7.91. The quantitative estimate of drug-likeness (QED) is 0.889. The Labute approximate surface area is 118 Å². The molecule has 0 aromatic heterocycles. The van der Waals surface area contributed by atoms with Crippen molar-refractivity contribution in [1.82, 2.24) is 0 Å². The second-order valence-corrected chi connectivity index (χ2v) is 7.40. The minimum absolute atomic E-state index is 0.0513. The lowest BCUT2D eigenvalue weighted by atomic mass is 9.88. The van der Waals surface area contributed by atoms with Gasteiger partial charge in [-0.3, -0.25) is 4.79 Å². The molecule has 2 bridgehead atoms. The number of carbonyl (C=O) groups excluding carboxylic acids is 1. The van der Waals surface area contributed by atoms with Gasteiger partial charge < -0.3 is 5.32 Å². The maximum atomic E-state index is 12.2. The van der Waals surface area contributed by atoms with E-state index in [4.69, 9.17) is 5.14 Å². The van der Waals surface area contributed by atoms with Crippen molar-refractivity contribution in [2.24, 2.45) is 22.9 Å². The van der Waals surface area contributed by atoms with Gasteiger partial charge in [-0.1, -0.05) is 6.42 Å². The number of anilines is 1. The van der Waals surface area contributed by atoms with Crippen LogP contribution in [0.25, 0.3) is 0 Å². The molecule has 0 heterocycles. The summed E-state index contributed by atoms with van der Waals surface area (Å²) in [6, 6.07) is 5.97. The molecule has 3 rings (SSSR count). The van der Waals surface area contributed by atoms with Gasteiger partial charge in [-0.2, -0.15) is 0 Å². The molecule has 2 aliphatic rings. The molecule has 0 radical (unpaired) electrons. The molecule has 1 aromatic rings. The Morgan fingerprint density at radius 1 is 1.15 bits per heavy atom. The van der Waals surface area contributed by atoms with E-state index in [0.717, 1.165) is 18.8 Å². The van der Waals surface area contributed by atoms with Gasteiger partial charge in [-0.05, 0) is 55.4 Å². The van der Waals surface area contributed by atoms with Crippen LogP contribution in [-0.4, -0.2) is 14.3 Å². The largest absolute Gasteiger partial charge is 0.326 e. The molecule has 2 aliphatic carbocycles. The molecule has 0 aliphatic heterocycles. The van der Waals surface area contributed by atoms with Crippen LogP contribution in [0.2, 0.25) is 0 Å². The van der Waals surface area contributed by atoms with Gasteiger partial charge in [0.15, 0.2) is 0 Å². The summed E-state index contributed by atoms with van der Waals surface area (Å²) < 4.78 is 22.3. The van der Waals surface area contributed by atoms with E-state index in [1.807, 2.05) is 0 Å². The van der Waals surface area contributed by atoms with E-state index in [0.29, 0.717) is 11.6 Å². The van der Waals surface area contributed by atoms with Crippen LogP contribution in [0.5, 0.6) is 0 Å². The highest BCUT2D eigenvalue weighted by molar-refractivity contribution is 7.89. The second-order valence-electron chi connectivity index (χ2n) is 5.84. The molecule has 0 unspecified atom stereocenters. The Hall–Kier alpha value is -1.40. The first-order valence-corrected chi connectivity index (χ1v) is 8.42. The predicted octanol–water partition coefficient (Wildman–Crippen LogP) is 1.71. The van der Waals surface area contributed by atoms with Gasteiger partial charge in [0.2, 0.25) is 15.9 Å². The molecule has 6 heteroatoms. The minimum atomic E-state index is -3.68. The number of hydrogen-bond donors (Lipinski definition) is 2. The molecule has 2 fully saturated rings. The molecule has 3 atom stereocenters. The van der Waals surface area contributed by atoms with Crippen LogP contribution in [-0.2, 0) is 14.8 Å². The van der Waals surface area contributed by atoms with E-state index in [1.54, 1.807) is 12.1 Å². The first-order valence-electron chi connectivity index (χ1n) is 6.87. The van der Waals surface area contributed by atoms with E-state index in [-0.39, 0.29) is 16.7 Å². The van der Waals surface area contributed by atoms with E-state index >= 15 is 0 Å². The number of fused-ring (bicyclic) bond motifs is 2. The summed E-state index contributed by atoms with van der Waals surface area (Å²) in [5.74, 6) is 1.43. The molecule has 5 nitrogen and oxygen atoms in total. The first kappa shape index (κ1) is 13.6. The number of sulfonamides is 1. The highest BCUT2D eigenvalue weighted by Gasteiger charge is 2.42. The topological polar surface area (TPSA) is 89.3 Å². The molecule has 3 N–H and O–H groups in total. The summed E-state index contributed by atoms with van der Waals surface area (Å²) >= 11 is 0. The Bertz CT molecular complexity index is 624. The van der Waals surface area contributed by atoms with Crippen molar-refractivity contribution in [2.45, 2.75) is 30.6 Å². The van der Waals surface area contributed by atoms with E-state index in [2.05, 4.69) is 5.32 Å². The Balaban J connectivity index is 1.67. The highest BCUT2D eigenvalue weighted by Crippen LogP contribution is 2.48. The Morgan fingerprint density at radius 2 is 1.85 bits per heavy atom. The first-order chi connectivity index (χ1) is 9.43. The zero-order chi connectivity index (χ0) is 14.3. The van der Waals surface area contributed by atoms with Gasteiger partial charge >= 0.3 is 0 Å². The zero-order valence-corrected chi connectivity index (χ0v) is 11.9. The van der Waals surface area contributed by atoms with Crippen LogP contribution >= 0.6 is 0 Å². The molecular weight excluding hydrogens is 276 g/mol. The molecular formula is C14H18N2O3S. The number of nitrogens with two attached hydrogens (primary N) is 1. The van der Waals surface area contributed by atoms with Gasteiger partial charge in [0.1, 0.15) is 0 Å². The van der Waals surface area contributed by atoms with Crippen molar-refractivity contribution >= 4 is 21.6 Å². The predicted molar refractivity (Wildman–Crippen MR) is 75.4 cm³/mol. The normalized spacial score (nSPS) is 28.6. The van der Waals surface area contributed by atoms with Crippen molar-refractivity contribution in [3.63, 3.8) is 0 Å². The lowest BCUT2D eigenvalue weighted by Gasteiger charge is -2.20. The van der Waals surface area contributed by atoms with Crippen molar-refractivity contribution in [2.75, 3.05) is 5.32 Å². The fourth-order valence-electron chi connectivity index (χ4n) is 3.53. The summed E-state index contributed by atoms with van der Waals surface area (Å²) in [6.07, 6.45) is 4.60. The maximum Gasteiger partial charge on any atom is 0.238 e. The summed E-state index contributed by atoms with van der Waals surface area (Å²) in [5.41, 5.74) is 0.616. The fraction of sp³-hybridized carbons (Fsp3) is 0.500. The average molecular weight is 294 g/mol. The average Bonchev–Trinajstić information content (AvgIpc) is 3.00. The Kier molecular flexibility index (Phi) is 3.30. The summed E-state index contributed by atoms with van der Waals surface area (Å²) in [7, 11) is -3.68. The third-order valence-electron chi connectivity index (χ3n) is 4.53. The van der Waals surface area contributed by atoms with E-state index in [1.165, 1.54) is 25.0 Å². The molecule has 0 spiro atoms. The monoisotopic (exact) mass is 294 g/mol. The minimum Gasteiger partial charge on any atom is -0.326 e. The van der Waals surface area contributed by atoms with Gasteiger partial charge in [-0.15, -0.1) is 0 Å². The highest BCUT2D eigenvalue weighted by atomic mass is 32.2. The number of carbonyl (C=O) groups is 1. The third kappa shape index (κ3) is 2.58. The molecule has 1 aromatic carbocycles. The molecule has 0 saturated heterocycles. The number of rotatable bonds is 3. The van der Waals surface area contributed by atoms with Gasteiger partial charge in [0.05, 0.1) is 4.90 Å². The van der Waals surface area contributed by atoms with Crippen molar-refractivity contribution in [3.05, 3.63) is 24.3 Å². The fourth-order valence-corrected chi connectivity index (χ4v) is 4.04. The van der Waals surface area contributed by atoms with Gasteiger partial charge in [0.25, 0.3) is 0 Å². The van der Waals surface area contributed by atoms with Crippen LogP contribution in [0.3, 0.4) is 0 Å². The van der Waals surface area contributed by atoms with Crippen LogP contribution in [0.4, 0.5) is 5.69 Å². The number of benzene rings is 1. The van der Waals surface area contributed by atoms with Gasteiger partial charge in [-0.25, -0.2) is 13.6 Å². The van der Waals surface area contributed by atoms with Crippen molar-refractivity contribution in [3.8, 4) is 0 Å². The van der Waals surface area contributed by atoms with Crippen molar-refractivity contribution in [1.29, 1.82) is 0 Å². The third-order valence-corrected chi connectivity index (χ3v) is 5.45. The van der Waals surface area contributed by atoms with Crippen LogP contribution in [0, 0.1) is 17.8 Å².